The maximum atomic E-state index is 13.1. The van der Waals surface area contributed by atoms with E-state index < -0.39 is 12.0 Å². The van der Waals surface area contributed by atoms with E-state index in [4.69, 9.17) is 0 Å². The average Bonchev–Trinajstić information content (AvgIpc) is 2.78. The minimum absolute atomic E-state index is 0.0868. The zero-order valence-corrected chi connectivity index (χ0v) is 16.6. The lowest BCUT2D eigenvalue weighted by Crippen LogP contribution is -2.49. The molecule has 2 N–H and O–H groups in total. The van der Waals surface area contributed by atoms with E-state index in [2.05, 4.69) is 10.2 Å². The van der Waals surface area contributed by atoms with Gasteiger partial charge in [0.25, 0.3) is 11.8 Å². The van der Waals surface area contributed by atoms with Gasteiger partial charge in [-0.05, 0) is 61.4 Å². The van der Waals surface area contributed by atoms with Gasteiger partial charge < -0.3 is 15.3 Å². The van der Waals surface area contributed by atoms with Gasteiger partial charge in [0.05, 0.1) is 0 Å². The van der Waals surface area contributed by atoms with Gasteiger partial charge in [-0.15, -0.1) is 0 Å². The predicted octanol–water partition coefficient (Wildman–Crippen LogP) is 4.15. The number of fused-ring (bicyclic) bond motifs is 1. The Hall–Kier alpha value is -2.66. The highest BCUT2D eigenvalue weighted by molar-refractivity contribution is 5.97. The number of aliphatic hydroxyl groups is 1. The highest BCUT2D eigenvalue weighted by atomic mass is 16.3. The van der Waals surface area contributed by atoms with Crippen molar-refractivity contribution in [2.75, 3.05) is 11.9 Å². The molecule has 2 fully saturated rings. The third kappa shape index (κ3) is 4.35. The highest BCUT2D eigenvalue weighted by Crippen LogP contribution is 2.36. The number of hydrogen-bond acceptors (Lipinski definition) is 3. The van der Waals surface area contributed by atoms with Crippen LogP contribution in [0.5, 0.6) is 0 Å². The fourth-order valence-electron chi connectivity index (χ4n) is 4.74. The molecule has 1 saturated carbocycles. The second-order valence-corrected chi connectivity index (χ2v) is 8.13. The number of hydrogen-bond donors (Lipinski definition) is 2. The quantitative estimate of drug-likeness (QED) is 0.821. The number of likely N-dealkylation sites (tertiary alicyclic amines) is 1. The summed E-state index contributed by atoms with van der Waals surface area (Å²) in [6, 6.07) is 16.2. The van der Waals surface area contributed by atoms with Crippen molar-refractivity contribution in [3.05, 3.63) is 65.7 Å². The van der Waals surface area contributed by atoms with Gasteiger partial charge in [0.1, 0.15) is 0 Å². The van der Waals surface area contributed by atoms with Crippen LogP contribution < -0.4 is 5.32 Å². The molecule has 2 amide bonds. The molecule has 0 radical (unpaired) electrons. The molecule has 2 aromatic carbocycles. The van der Waals surface area contributed by atoms with E-state index in [9.17, 15) is 14.7 Å². The van der Waals surface area contributed by atoms with Crippen LogP contribution in [0.3, 0.4) is 0 Å². The summed E-state index contributed by atoms with van der Waals surface area (Å²) >= 11 is 0. The molecule has 1 saturated heterocycles. The fourth-order valence-corrected chi connectivity index (χ4v) is 4.74. The topological polar surface area (TPSA) is 69.6 Å². The van der Waals surface area contributed by atoms with E-state index in [-0.39, 0.29) is 5.91 Å². The van der Waals surface area contributed by atoms with Gasteiger partial charge in [0, 0.05) is 23.8 Å². The predicted molar refractivity (Wildman–Crippen MR) is 112 cm³/mol. The summed E-state index contributed by atoms with van der Waals surface area (Å²) in [5, 5.41) is 12.9. The third-order valence-electron chi connectivity index (χ3n) is 6.27. The van der Waals surface area contributed by atoms with E-state index in [1.807, 2.05) is 6.07 Å². The Morgan fingerprint density at radius 3 is 2.38 bits per heavy atom. The van der Waals surface area contributed by atoms with Gasteiger partial charge in [-0.25, -0.2) is 0 Å². The van der Waals surface area contributed by atoms with Crippen molar-refractivity contribution in [2.45, 2.75) is 50.7 Å². The molecule has 1 unspecified atom stereocenters. The molecule has 1 aliphatic carbocycles. The first-order valence-electron chi connectivity index (χ1n) is 10.6. The van der Waals surface area contributed by atoms with Crippen LogP contribution in [-0.2, 0) is 4.79 Å². The van der Waals surface area contributed by atoms with Crippen LogP contribution in [0.2, 0.25) is 0 Å². The summed E-state index contributed by atoms with van der Waals surface area (Å²) in [4.78, 5) is 27.4. The van der Waals surface area contributed by atoms with Crippen LogP contribution in [0.4, 0.5) is 5.69 Å². The standard InChI is InChI=1S/C24H28N2O3/c27-22(18-8-2-1-3-9-18)23(28)25-20-14-12-19(13-15-20)24(29)26-16-6-10-17-7-4-5-11-21(17)26/h1-3,8-9,12-15,17,21-22,27H,4-7,10-11,16H2,(H,25,28)/t17-,21-,22?/m0/s1. The van der Waals surface area contributed by atoms with E-state index in [0.717, 1.165) is 19.4 Å². The Bertz CT molecular complexity index is 848. The summed E-state index contributed by atoms with van der Waals surface area (Å²) < 4.78 is 0. The van der Waals surface area contributed by atoms with Crippen molar-refractivity contribution in [1.82, 2.24) is 4.90 Å². The van der Waals surface area contributed by atoms with Crippen molar-refractivity contribution < 1.29 is 14.7 Å². The summed E-state index contributed by atoms with van der Waals surface area (Å²) in [6.07, 6.45) is 5.94. The number of carbonyl (C=O) groups excluding carboxylic acids is 2. The van der Waals surface area contributed by atoms with Crippen LogP contribution in [0.25, 0.3) is 0 Å². The van der Waals surface area contributed by atoms with Gasteiger partial charge >= 0.3 is 0 Å². The van der Waals surface area contributed by atoms with Crippen LogP contribution in [0, 0.1) is 5.92 Å². The zero-order valence-electron chi connectivity index (χ0n) is 16.6. The third-order valence-corrected chi connectivity index (χ3v) is 6.27. The van der Waals surface area contributed by atoms with E-state index >= 15 is 0 Å². The molecule has 29 heavy (non-hydrogen) atoms. The summed E-state index contributed by atoms with van der Waals surface area (Å²) in [5.41, 5.74) is 1.76. The minimum Gasteiger partial charge on any atom is -0.378 e. The Kier molecular flexibility index (Phi) is 5.95. The van der Waals surface area contributed by atoms with Gasteiger partial charge in [-0.2, -0.15) is 0 Å². The SMILES string of the molecule is O=C(Nc1ccc(C(=O)N2CCC[C@@H]3CCCC[C@@H]32)cc1)C(O)c1ccccc1. The van der Waals surface area contributed by atoms with Crippen LogP contribution >= 0.6 is 0 Å². The number of amides is 2. The molecule has 2 aromatic rings. The zero-order chi connectivity index (χ0) is 20.2. The summed E-state index contributed by atoms with van der Waals surface area (Å²) in [5.74, 6) is 0.250. The van der Waals surface area contributed by atoms with Crippen molar-refractivity contribution in [1.29, 1.82) is 0 Å². The monoisotopic (exact) mass is 392 g/mol. The maximum Gasteiger partial charge on any atom is 0.257 e. The number of anilines is 1. The normalized spacial score (nSPS) is 22.4. The molecule has 152 valence electrons. The lowest BCUT2D eigenvalue weighted by Gasteiger charge is -2.44. The van der Waals surface area contributed by atoms with Crippen molar-refractivity contribution in [3.63, 3.8) is 0 Å². The van der Waals surface area contributed by atoms with Gasteiger partial charge in [-0.1, -0.05) is 43.2 Å². The van der Waals surface area contributed by atoms with Gasteiger partial charge in [0.15, 0.2) is 6.10 Å². The largest absolute Gasteiger partial charge is 0.378 e. The molecule has 2 aliphatic rings. The van der Waals surface area contributed by atoms with E-state index in [0.29, 0.717) is 28.8 Å². The molecule has 4 rings (SSSR count). The first-order chi connectivity index (χ1) is 14.1. The number of piperidine rings is 1. The Morgan fingerprint density at radius 2 is 1.62 bits per heavy atom. The highest BCUT2D eigenvalue weighted by Gasteiger charge is 2.35. The molecule has 5 nitrogen and oxygen atoms in total. The Labute approximate surface area is 171 Å². The first kappa shape index (κ1) is 19.6. The molecule has 1 heterocycles. The number of nitrogens with zero attached hydrogens (tertiary/aromatic N) is 1. The molecule has 0 aromatic heterocycles. The van der Waals surface area contributed by atoms with Crippen molar-refractivity contribution in [2.24, 2.45) is 5.92 Å². The molecular formula is C24H28N2O3. The smallest absolute Gasteiger partial charge is 0.257 e. The summed E-state index contributed by atoms with van der Waals surface area (Å²) in [7, 11) is 0. The Morgan fingerprint density at radius 1 is 0.931 bits per heavy atom. The minimum atomic E-state index is -1.23. The Balaban J connectivity index is 1.41. The molecule has 5 heteroatoms. The second kappa shape index (κ2) is 8.78. The number of benzene rings is 2. The summed E-state index contributed by atoms with van der Waals surface area (Å²) in [6.45, 7) is 0.835. The number of nitrogens with one attached hydrogen (secondary N) is 1. The van der Waals surface area contributed by atoms with E-state index in [1.165, 1.54) is 25.7 Å². The van der Waals surface area contributed by atoms with Crippen LogP contribution in [-0.4, -0.2) is 34.4 Å². The average molecular weight is 392 g/mol. The number of rotatable bonds is 4. The van der Waals surface area contributed by atoms with Crippen LogP contribution in [0.1, 0.15) is 60.6 Å². The number of carbonyl (C=O) groups is 2. The van der Waals surface area contributed by atoms with Gasteiger partial charge in [0.2, 0.25) is 0 Å². The van der Waals surface area contributed by atoms with Gasteiger partial charge in [-0.3, -0.25) is 9.59 Å². The molecular weight excluding hydrogens is 364 g/mol. The molecule has 1 aliphatic heterocycles. The molecule has 3 atom stereocenters. The maximum absolute atomic E-state index is 13.1. The lowest BCUT2D eigenvalue weighted by atomic mass is 9.78. The number of aliphatic hydroxyl groups excluding tert-OH is 1. The lowest BCUT2D eigenvalue weighted by molar-refractivity contribution is -0.124. The van der Waals surface area contributed by atoms with Crippen LogP contribution in [0.15, 0.2) is 54.6 Å². The fraction of sp³-hybridized carbons (Fsp3) is 0.417. The van der Waals surface area contributed by atoms with Crippen molar-refractivity contribution in [3.8, 4) is 0 Å². The van der Waals surface area contributed by atoms with E-state index in [1.54, 1.807) is 48.5 Å². The molecule has 0 spiro atoms. The molecule has 0 bridgehead atoms. The second-order valence-electron chi connectivity index (χ2n) is 8.13. The first-order valence-corrected chi connectivity index (χ1v) is 10.6. The van der Waals surface area contributed by atoms with Crippen molar-refractivity contribution >= 4 is 17.5 Å².